The lowest BCUT2D eigenvalue weighted by Crippen LogP contribution is -2.48. The van der Waals surface area contributed by atoms with Crippen LogP contribution in [0.15, 0.2) is 48.9 Å². The number of aromatic nitrogens is 3. The molecule has 1 atom stereocenters. The lowest BCUT2D eigenvalue weighted by molar-refractivity contribution is 0.0639. The average molecular weight is 417 g/mol. The third-order valence-corrected chi connectivity index (χ3v) is 7.15. The molecule has 3 aliphatic rings. The maximum atomic E-state index is 5.14. The number of anilines is 1. The standard InChI is InChI=1S/C25H32N6/c1-2-12-29(11-1)25-7-3-6-24-27-22(18-31(24)25)23-19-28(16-21-5-4-10-26-15-21)13-14-30(23)17-20-8-9-20/h3-7,10,15,18,20,23H,1-2,8-9,11-14,16-17,19H2/t23-/m1/s1. The summed E-state index contributed by atoms with van der Waals surface area (Å²) >= 11 is 0. The summed E-state index contributed by atoms with van der Waals surface area (Å²) < 4.78 is 2.33. The van der Waals surface area contributed by atoms with Crippen LogP contribution >= 0.6 is 0 Å². The zero-order chi connectivity index (χ0) is 20.6. The SMILES string of the molecule is c1cncc(CN2CCN(CC3CC3)[C@@H](c3cn4c(N5CCCC5)cccc4n3)C2)c1. The summed E-state index contributed by atoms with van der Waals surface area (Å²) in [5.41, 5.74) is 3.60. The predicted molar refractivity (Wildman–Crippen MR) is 123 cm³/mol. The Balaban J connectivity index is 1.29. The fourth-order valence-electron chi connectivity index (χ4n) is 5.28. The molecule has 5 heterocycles. The summed E-state index contributed by atoms with van der Waals surface area (Å²) in [5, 5.41) is 0. The molecule has 0 radical (unpaired) electrons. The van der Waals surface area contributed by atoms with Gasteiger partial charge in [0.1, 0.15) is 11.5 Å². The third kappa shape index (κ3) is 4.06. The fraction of sp³-hybridized carbons (Fsp3) is 0.520. The van der Waals surface area contributed by atoms with Gasteiger partial charge in [-0.05, 0) is 55.4 Å². The quantitative estimate of drug-likeness (QED) is 0.614. The predicted octanol–water partition coefficient (Wildman–Crippen LogP) is 3.60. The summed E-state index contributed by atoms with van der Waals surface area (Å²) in [6.07, 6.45) is 11.5. The van der Waals surface area contributed by atoms with E-state index in [1.54, 1.807) is 0 Å². The van der Waals surface area contributed by atoms with E-state index in [0.29, 0.717) is 6.04 Å². The second kappa shape index (κ2) is 8.24. The van der Waals surface area contributed by atoms with Gasteiger partial charge in [0.05, 0.1) is 11.7 Å². The van der Waals surface area contributed by atoms with Gasteiger partial charge in [-0.15, -0.1) is 0 Å². The molecule has 6 nitrogen and oxygen atoms in total. The Kier molecular flexibility index (Phi) is 5.12. The van der Waals surface area contributed by atoms with Gasteiger partial charge in [-0.1, -0.05) is 12.1 Å². The number of rotatable bonds is 6. The van der Waals surface area contributed by atoms with Crippen LogP contribution in [-0.2, 0) is 6.54 Å². The molecule has 162 valence electrons. The molecule has 0 N–H and O–H groups in total. The molecule has 3 aromatic rings. The Morgan fingerprint density at radius 2 is 1.87 bits per heavy atom. The Hall–Kier alpha value is -2.44. The average Bonchev–Trinajstić information content (AvgIpc) is 3.26. The van der Waals surface area contributed by atoms with E-state index in [0.717, 1.165) is 50.8 Å². The number of fused-ring (bicyclic) bond motifs is 1. The molecule has 31 heavy (non-hydrogen) atoms. The molecule has 2 aliphatic heterocycles. The first-order valence-electron chi connectivity index (χ1n) is 11.9. The van der Waals surface area contributed by atoms with Crippen molar-refractivity contribution >= 4 is 11.5 Å². The van der Waals surface area contributed by atoms with Crippen LogP contribution in [0.3, 0.4) is 0 Å². The molecule has 0 amide bonds. The molecule has 1 saturated carbocycles. The molecule has 0 aromatic carbocycles. The van der Waals surface area contributed by atoms with E-state index in [4.69, 9.17) is 4.98 Å². The van der Waals surface area contributed by atoms with Crippen LogP contribution in [0.2, 0.25) is 0 Å². The maximum Gasteiger partial charge on any atom is 0.138 e. The minimum Gasteiger partial charge on any atom is -0.358 e. The van der Waals surface area contributed by atoms with Gasteiger partial charge in [0.25, 0.3) is 0 Å². The first-order valence-corrected chi connectivity index (χ1v) is 11.9. The summed E-state index contributed by atoms with van der Waals surface area (Å²) in [4.78, 5) is 17.2. The van der Waals surface area contributed by atoms with Crippen LogP contribution in [0.5, 0.6) is 0 Å². The van der Waals surface area contributed by atoms with E-state index < -0.39 is 0 Å². The summed E-state index contributed by atoms with van der Waals surface area (Å²) in [6, 6.07) is 11.2. The first kappa shape index (κ1) is 19.3. The number of hydrogen-bond acceptors (Lipinski definition) is 5. The molecule has 3 fully saturated rings. The van der Waals surface area contributed by atoms with Crippen LogP contribution in [-0.4, -0.2) is 63.4 Å². The molecule has 6 rings (SSSR count). The van der Waals surface area contributed by atoms with Gasteiger partial charge in [0.15, 0.2) is 0 Å². The lowest BCUT2D eigenvalue weighted by atomic mass is 10.1. The molecular formula is C25H32N6. The highest BCUT2D eigenvalue weighted by Gasteiger charge is 2.34. The fourth-order valence-corrected chi connectivity index (χ4v) is 5.28. The topological polar surface area (TPSA) is 39.9 Å². The highest BCUT2D eigenvalue weighted by atomic mass is 15.3. The number of piperazine rings is 1. The minimum absolute atomic E-state index is 0.359. The van der Waals surface area contributed by atoms with E-state index in [1.165, 1.54) is 49.3 Å². The molecule has 0 spiro atoms. The molecular weight excluding hydrogens is 384 g/mol. The number of imidazole rings is 1. The van der Waals surface area contributed by atoms with Crippen LogP contribution in [0.25, 0.3) is 5.65 Å². The second-order valence-corrected chi connectivity index (χ2v) is 9.52. The molecule has 0 unspecified atom stereocenters. The molecule has 6 heteroatoms. The van der Waals surface area contributed by atoms with Crippen molar-refractivity contribution in [1.29, 1.82) is 0 Å². The van der Waals surface area contributed by atoms with Gasteiger partial charge in [-0.25, -0.2) is 4.98 Å². The van der Waals surface area contributed by atoms with Gasteiger partial charge in [-0.2, -0.15) is 0 Å². The Labute approximate surface area is 184 Å². The third-order valence-electron chi connectivity index (χ3n) is 7.15. The Bertz CT molecular complexity index is 1020. The van der Waals surface area contributed by atoms with E-state index in [1.807, 2.05) is 18.5 Å². The summed E-state index contributed by atoms with van der Waals surface area (Å²) in [7, 11) is 0. The minimum atomic E-state index is 0.359. The van der Waals surface area contributed by atoms with Crippen molar-refractivity contribution in [3.8, 4) is 0 Å². The smallest absolute Gasteiger partial charge is 0.138 e. The van der Waals surface area contributed by atoms with Gasteiger partial charge >= 0.3 is 0 Å². The van der Waals surface area contributed by atoms with Gasteiger partial charge in [-0.3, -0.25) is 19.2 Å². The molecule has 2 saturated heterocycles. The van der Waals surface area contributed by atoms with Crippen molar-refractivity contribution in [2.45, 2.75) is 38.3 Å². The van der Waals surface area contributed by atoms with E-state index in [-0.39, 0.29) is 0 Å². The van der Waals surface area contributed by atoms with E-state index in [2.05, 4.69) is 54.5 Å². The monoisotopic (exact) mass is 416 g/mol. The number of hydrogen-bond donors (Lipinski definition) is 0. The summed E-state index contributed by atoms with van der Waals surface area (Å²) in [6.45, 7) is 7.76. The zero-order valence-electron chi connectivity index (χ0n) is 18.2. The van der Waals surface area contributed by atoms with Crippen LogP contribution in [0.1, 0.15) is 43.0 Å². The van der Waals surface area contributed by atoms with Crippen molar-refractivity contribution in [1.82, 2.24) is 24.2 Å². The Morgan fingerprint density at radius 1 is 0.968 bits per heavy atom. The van der Waals surface area contributed by atoms with Crippen molar-refractivity contribution in [2.24, 2.45) is 5.92 Å². The van der Waals surface area contributed by atoms with Crippen molar-refractivity contribution in [3.05, 3.63) is 60.2 Å². The first-order chi connectivity index (χ1) is 15.3. The lowest BCUT2D eigenvalue weighted by Gasteiger charge is -2.41. The highest BCUT2D eigenvalue weighted by molar-refractivity contribution is 5.53. The van der Waals surface area contributed by atoms with E-state index >= 15 is 0 Å². The van der Waals surface area contributed by atoms with Crippen molar-refractivity contribution < 1.29 is 0 Å². The zero-order valence-corrected chi connectivity index (χ0v) is 18.2. The Morgan fingerprint density at radius 3 is 2.68 bits per heavy atom. The van der Waals surface area contributed by atoms with Crippen molar-refractivity contribution in [2.75, 3.05) is 44.2 Å². The largest absolute Gasteiger partial charge is 0.358 e. The van der Waals surface area contributed by atoms with Gasteiger partial charge < -0.3 is 4.90 Å². The maximum absolute atomic E-state index is 5.14. The van der Waals surface area contributed by atoms with E-state index in [9.17, 15) is 0 Å². The second-order valence-electron chi connectivity index (χ2n) is 9.52. The number of nitrogens with zero attached hydrogens (tertiary/aromatic N) is 6. The normalized spacial score (nSPS) is 23.1. The van der Waals surface area contributed by atoms with Crippen molar-refractivity contribution in [3.63, 3.8) is 0 Å². The van der Waals surface area contributed by atoms with Crippen LogP contribution in [0, 0.1) is 5.92 Å². The highest BCUT2D eigenvalue weighted by Crippen LogP contribution is 2.35. The van der Waals surface area contributed by atoms with Crippen LogP contribution in [0.4, 0.5) is 5.82 Å². The molecule has 3 aromatic heterocycles. The van der Waals surface area contributed by atoms with Crippen LogP contribution < -0.4 is 4.90 Å². The van der Waals surface area contributed by atoms with Gasteiger partial charge in [0.2, 0.25) is 0 Å². The molecule has 0 bridgehead atoms. The summed E-state index contributed by atoms with van der Waals surface area (Å²) in [5.74, 6) is 2.19. The van der Waals surface area contributed by atoms with Gasteiger partial charge in [0, 0.05) is 64.4 Å². The number of pyridine rings is 2. The molecule has 1 aliphatic carbocycles.